The molecule has 3 aromatic carbocycles. The average Bonchev–Trinajstić information content (AvgIpc) is 3.23. The van der Waals surface area contributed by atoms with E-state index in [1.165, 1.54) is 37.7 Å². The highest BCUT2D eigenvalue weighted by Gasteiger charge is 2.34. The van der Waals surface area contributed by atoms with Crippen molar-refractivity contribution in [3.05, 3.63) is 89.4 Å². The summed E-state index contributed by atoms with van der Waals surface area (Å²) in [5, 5.41) is 1.30. The Morgan fingerprint density at radius 3 is 2.41 bits per heavy atom. The van der Waals surface area contributed by atoms with Crippen molar-refractivity contribution in [2.75, 3.05) is 38.6 Å². The Bertz CT molecular complexity index is 1360. The van der Waals surface area contributed by atoms with Crippen molar-refractivity contribution in [1.29, 1.82) is 0 Å². The summed E-state index contributed by atoms with van der Waals surface area (Å²) in [7, 11) is 6.53. The summed E-state index contributed by atoms with van der Waals surface area (Å²) < 4.78 is 3.68. The van der Waals surface area contributed by atoms with E-state index in [4.69, 9.17) is 0 Å². The largest absolute Gasteiger partial charge is 0.324 e. The molecule has 4 aromatic rings. The van der Waals surface area contributed by atoms with Crippen molar-refractivity contribution in [2.24, 2.45) is 7.05 Å². The van der Waals surface area contributed by atoms with Gasteiger partial charge in [0.05, 0.1) is 11.9 Å². The number of hydrogen-bond acceptors (Lipinski definition) is 4. The second-order valence-electron chi connectivity index (χ2n) is 10.2. The lowest BCUT2D eigenvalue weighted by Crippen LogP contribution is -2.49. The van der Waals surface area contributed by atoms with Crippen LogP contribution < -0.4 is 9.47 Å². The van der Waals surface area contributed by atoms with Crippen molar-refractivity contribution in [3.63, 3.8) is 0 Å². The van der Waals surface area contributed by atoms with Gasteiger partial charge in [-0.3, -0.25) is 4.90 Å². The summed E-state index contributed by atoms with van der Waals surface area (Å²) in [4.78, 5) is 7.59. The maximum atomic E-state index is 2.71. The Kier molecular flexibility index (Phi) is 8.04. The molecule has 0 bridgehead atoms. The first-order valence-electron chi connectivity index (χ1n) is 13.5. The quantitative estimate of drug-likeness (QED) is 0.230. The zero-order chi connectivity index (χ0) is 25.8. The number of fused-ring (bicyclic) bond motifs is 2. The maximum Gasteiger partial charge on any atom is 0.262 e. The maximum absolute atomic E-state index is 2.71. The van der Waals surface area contributed by atoms with Crippen molar-refractivity contribution in [1.82, 2.24) is 9.80 Å². The van der Waals surface area contributed by atoms with Gasteiger partial charge in [-0.25, -0.2) is 0 Å². The first kappa shape index (κ1) is 25.7. The topological polar surface area (TPSA) is 13.6 Å². The van der Waals surface area contributed by atoms with Gasteiger partial charge < -0.3 is 9.80 Å². The smallest absolute Gasteiger partial charge is 0.262 e. The minimum atomic E-state index is 0.269. The van der Waals surface area contributed by atoms with Crippen LogP contribution in [-0.2, 0) is 7.05 Å². The molecule has 1 aromatic heterocycles. The van der Waals surface area contributed by atoms with E-state index in [-0.39, 0.29) is 6.17 Å². The Morgan fingerprint density at radius 1 is 0.919 bits per heavy atom. The molecular weight excluding hydrogens is 472 g/mol. The number of aromatic nitrogens is 1. The average molecular weight is 512 g/mol. The Balaban J connectivity index is 1.62. The first-order chi connectivity index (χ1) is 18.1. The van der Waals surface area contributed by atoms with E-state index in [0.29, 0.717) is 0 Å². The van der Waals surface area contributed by atoms with E-state index >= 15 is 0 Å². The lowest BCUT2D eigenvalue weighted by Gasteiger charge is -2.45. The molecule has 0 N–H and O–H groups in total. The number of rotatable bonds is 9. The normalized spacial score (nSPS) is 16.8. The third-order valence-corrected chi connectivity index (χ3v) is 8.46. The Hall–Kier alpha value is -2.99. The zero-order valence-electron chi connectivity index (χ0n) is 22.6. The molecule has 2 heterocycles. The van der Waals surface area contributed by atoms with E-state index in [1.54, 1.807) is 0 Å². The molecule has 1 aliphatic rings. The SMILES string of the molecule is CCCN(CCCN(C)C)[C@@H]1C/C(=C\c2sc3ccccc3[n+]2C)c2ccccc2N1c1ccccc1. The number of para-hydroxylation sites is 3. The van der Waals surface area contributed by atoms with Gasteiger partial charge in [-0.05, 0) is 69.9 Å². The molecule has 0 saturated carbocycles. The van der Waals surface area contributed by atoms with Crippen LogP contribution in [0.5, 0.6) is 0 Å². The number of thiazole rings is 1. The molecule has 192 valence electrons. The minimum absolute atomic E-state index is 0.269. The van der Waals surface area contributed by atoms with Crippen LogP contribution in [0.1, 0.15) is 36.8 Å². The fourth-order valence-corrected chi connectivity index (χ4v) is 6.64. The van der Waals surface area contributed by atoms with Crippen LogP contribution in [-0.4, -0.2) is 49.7 Å². The van der Waals surface area contributed by atoms with Crippen molar-refractivity contribution < 1.29 is 4.57 Å². The molecule has 0 aliphatic carbocycles. The van der Waals surface area contributed by atoms with Crippen LogP contribution in [0, 0.1) is 0 Å². The zero-order valence-corrected chi connectivity index (χ0v) is 23.4. The summed E-state index contributed by atoms with van der Waals surface area (Å²) in [6, 6.07) is 28.6. The second kappa shape index (κ2) is 11.6. The molecule has 0 amide bonds. The van der Waals surface area contributed by atoms with Gasteiger partial charge in [0.15, 0.2) is 0 Å². The third kappa shape index (κ3) is 5.49. The molecule has 0 saturated heterocycles. The van der Waals surface area contributed by atoms with Gasteiger partial charge in [0.25, 0.3) is 5.01 Å². The van der Waals surface area contributed by atoms with E-state index in [0.717, 1.165) is 38.9 Å². The molecule has 1 aliphatic heterocycles. The molecule has 1 atom stereocenters. The predicted octanol–water partition coefficient (Wildman–Crippen LogP) is 6.80. The molecule has 4 nitrogen and oxygen atoms in total. The molecule has 0 radical (unpaired) electrons. The van der Waals surface area contributed by atoms with E-state index in [2.05, 4.69) is 132 Å². The molecule has 0 spiro atoms. The lowest BCUT2D eigenvalue weighted by molar-refractivity contribution is -0.642. The van der Waals surface area contributed by atoms with Gasteiger partial charge in [-0.2, -0.15) is 4.57 Å². The summed E-state index contributed by atoms with van der Waals surface area (Å²) >= 11 is 1.88. The summed E-state index contributed by atoms with van der Waals surface area (Å²) in [6.07, 6.45) is 6.01. The van der Waals surface area contributed by atoms with Crippen LogP contribution >= 0.6 is 11.3 Å². The number of aryl methyl sites for hydroxylation is 1. The standard InChI is InChI=1S/C32H39N4S/c1-5-20-35(22-13-21-33(2)3)31-23-25(24-32-34(4)29-18-11-12-19-30(29)37-32)27-16-9-10-17-28(27)36(31)26-14-7-6-8-15-26/h6-12,14-19,24,31H,5,13,20-23H2,1-4H3/q+1/t31-/m0/s1. The first-order valence-corrected chi connectivity index (χ1v) is 14.3. The highest BCUT2D eigenvalue weighted by molar-refractivity contribution is 7.18. The van der Waals surface area contributed by atoms with Gasteiger partial charge in [0, 0.05) is 36.4 Å². The van der Waals surface area contributed by atoms with Gasteiger partial charge in [0.2, 0.25) is 5.52 Å². The van der Waals surface area contributed by atoms with Gasteiger partial charge >= 0.3 is 0 Å². The number of benzene rings is 3. The van der Waals surface area contributed by atoms with Crippen LogP contribution in [0.2, 0.25) is 0 Å². The number of nitrogens with zero attached hydrogens (tertiary/aromatic N) is 4. The second-order valence-corrected chi connectivity index (χ2v) is 11.3. The van der Waals surface area contributed by atoms with Gasteiger partial charge in [0.1, 0.15) is 11.7 Å². The van der Waals surface area contributed by atoms with E-state index in [9.17, 15) is 0 Å². The lowest BCUT2D eigenvalue weighted by atomic mass is 9.92. The molecular formula is C32H39N4S+. The third-order valence-electron chi connectivity index (χ3n) is 7.30. The van der Waals surface area contributed by atoms with Crippen LogP contribution in [0.25, 0.3) is 21.9 Å². The summed E-state index contributed by atoms with van der Waals surface area (Å²) in [5.41, 5.74) is 6.62. The molecule has 0 fully saturated rings. The molecule has 5 heteroatoms. The highest BCUT2D eigenvalue weighted by Crippen LogP contribution is 2.44. The van der Waals surface area contributed by atoms with Crippen molar-refractivity contribution in [3.8, 4) is 0 Å². The summed E-state index contributed by atoms with van der Waals surface area (Å²) in [6.45, 7) is 5.59. The monoisotopic (exact) mass is 511 g/mol. The van der Waals surface area contributed by atoms with Crippen molar-refractivity contribution >= 4 is 44.6 Å². The fraction of sp³-hybridized carbons (Fsp3) is 0.344. The van der Waals surface area contributed by atoms with Crippen LogP contribution in [0.15, 0.2) is 78.9 Å². The molecule has 5 rings (SSSR count). The molecule has 0 unspecified atom stereocenters. The fourth-order valence-electron chi connectivity index (χ4n) is 5.53. The van der Waals surface area contributed by atoms with E-state index < -0.39 is 0 Å². The Morgan fingerprint density at radius 2 is 1.65 bits per heavy atom. The summed E-state index contributed by atoms with van der Waals surface area (Å²) in [5.74, 6) is 0. The predicted molar refractivity (Wildman–Crippen MR) is 159 cm³/mol. The number of hydrogen-bond donors (Lipinski definition) is 0. The number of anilines is 2. The van der Waals surface area contributed by atoms with Crippen LogP contribution in [0.4, 0.5) is 11.4 Å². The van der Waals surface area contributed by atoms with Crippen molar-refractivity contribution in [2.45, 2.75) is 32.4 Å². The highest BCUT2D eigenvalue weighted by atomic mass is 32.1. The van der Waals surface area contributed by atoms with Gasteiger partial charge in [-0.15, -0.1) is 0 Å². The van der Waals surface area contributed by atoms with Gasteiger partial charge in [-0.1, -0.05) is 66.8 Å². The van der Waals surface area contributed by atoms with E-state index in [1.807, 2.05) is 11.3 Å². The molecule has 37 heavy (non-hydrogen) atoms. The minimum Gasteiger partial charge on any atom is -0.324 e. The van der Waals surface area contributed by atoms with Crippen LogP contribution in [0.3, 0.4) is 0 Å². The Labute approximate surface area is 226 Å².